The van der Waals surface area contributed by atoms with Gasteiger partial charge in [0.2, 0.25) is 5.96 Å². The average Bonchev–Trinajstić information content (AvgIpc) is 3.10. The molecule has 3 N–H and O–H groups in total. The number of tetrazole rings is 1. The molecule has 9 heteroatoms. The maximum Gasteiger partial charge on any atom is 0.245 e. The largest absolute Gasteiger partial charge is 0.350 e. The number of hydrogen-bond donors (Lipinski definition) is 2. The summed E-state index contributed by atoms with van der Waals surface area (Å²) < 4.78 is 0. The molecular formula is C17H23Cl2N7. The van der Waals surface area contributed by atoms with Crippen LogP contribution in [0.2, 0.25) is 10.0 Å². The fourth-order valence-corrected chi connectivity index (χ4v) is 3.75. The highest BCUT2D eigenvalue weighted by molar-refractivity contribution is 6.35. The van der Waals surface area contributed by atoms with Crippen molar-refractivity contribution in [1.29, 1.82) is 0 Å². The molecule has 7 nitrogen and oxygen atoms in total. The molecule has 1 aromatic heterocycles. The molecule has 140 valence electrons. The zero-order chi connectivity index (χ0) is 18.5. The van der Waals surface area contributed by atoms with E-state index >= 15 is 0 Å². The van der Waals surface area contributed by atoms with Gasteiger partial charge in [-0.1, -0.05) is 47.3 Å². The van der Waals surface area contributed by atoms with Gasteiger partial charge in [-0.3, -0.25) is 0 Å². The number of rotatable bonds is 4. The summed E-state index contributed by atoms with van der Waals surface area (Å²) in [5.41, 5.74) is 6.22. The highest BCUT2D eigenvalue weighted by Crippen LogP contribution is 2.27. The van der Waals surface area contributed by atoms with Crippen molar-refractivity contribution in [2.24, 2.45) is 16.6 Å². The van der Waals surface area contributed by atoms with E-state index in [2.05, 4.69) is 32.6 Å². The van der Waals surface area contributed by atoms with E-state index in [4.69, 9.17) is 28.9 Å². The van der Waals surface area contributed by atoms with Gasteiger partial charge in [-0.05, 0) is 49.1 Å². The molecule has 1 heterocycles. The summed E-state index contributed by atoms with van der Waals surface area (Å²) in [6.45, 7) is 2.38. The first-order valence-corrected chi connectivity index (χ1v) is 9.61. The smallest absolute Gasteiger partial charge is 0.245 e. The molecule has 0 bridgehead atoms. The molecule has 3 rings (SSSR count). The lowest BCUT2D eigenvalue weighted by Crippen LogP contribution is -2.43. The van der Waals surface area contributed by atoms with Gasteiger partial charge in [-0.15, -0.1) is 10.2 Å². The third-order valence-corrected chi connectivity index (χ3v) is 5.06. The lowest BCUT2D eigenvalue weighted by atomic mass is 9.84. The standard InChI is InChI=1S/C17H23Cl2N7/c1-11(12-5-3-2-4-6-12)21-17(26-24-16(10-20)23-25-26)22-15-8-13(18)7-14(19)9-15/h7-9,11-12H,2-6,10,20H2,1H3,(H,21,22)/t11-/m0/s1. The number of aromatic nitrogens is 4. The minimum absolute atomic E-state index is 0.217. The fourth-order valence-electron chi connectivity index (χ4n) is 3.23. The first-order chi connectivity index (χ1) is 12.5. The summed E-state index contributed by atoms with van der Waals surface area (Å²) in [7, 11) is 0. The first-order valence-electron chi connectivity index (χ1n) is 8.86. The molecule has 1 atom stereocenters. The molecule has 1 aromatic carbocycles. The summed E-state index contributed by atoms with van der Waals surface area (Å²) >= 11 is 12.2. The zero-order valence-corrected chi connectivity index (χ0v) is 16.2. The van der Waals surface area contributed by atoms with Gasteiger partial charge in [0.15, 0.2) is 5.82 Å². The second kappa shape index (κ2) is 8.79. The molecule has 1 aliphatic rings. The summed E-state index contributed by atoms with van der Waals surface area (Å²) in [5.74, 6) is 1.52. The fraction of sp³-hybridized carbons (Fsp3) is 0.529. The van der Waals surface area contributed by atoms with E-state index in [9.17, 15) is 0 Å². The van der Waals surface area contributed by atoms with Gasteiger partial charge in [0.05, 0.1) is 12.2 Å². The quantitative estimate of drug-likeness (QED) is 0.609. The van der Waals surface area contributed by atoms with Gasteiger partial charge in [0.25, 0.3) is 0 Å². The Morgan fingerprint density at radius 1 is 1.27 bits per heavy atom. The van der Waals surface area contributed by atoms with Crippen molar-refractivity contribution in [2.75, 3.05) is 0 Å². The third-order valence-electron chi connectivity index (χ3n) is 4.62. The van der Waals surface area contributed by atoms with E-state index in [0.717, 1.165) is 0 Å². The van der Waals surface area contributed by atoms with Crippen LogP contribution in [0, 0.1) is 5.92 Å². The van der Waals surface area contributed by atoms with Gasteiger partial charge >= 0.3 is 0 Å². The minimum Gasteiger partial charge on any atom is -0.350 e. The number of aliphatic imine (C=N–C) groups is 1. The molecule has 1 saturated carbocycles. The topological polar surface area (TPSA) is 94.0 Å². The maximum absolute atomic E-state index is 6.09. The van der Waals surface area contributed by atoms with Crippen molar-refractivity contribution >= 4 is 34.8 Å². The van der Waals surface area contributed by atoms with Gasteiger partial charge in [-0.25, -0.2) is 4.99 Å². The average molecular weight is 396 g/mol. The maximum atomic E-state index is 6.09. The van der Waals surface area contributed by atoms with Crippen molar-refractivity contribution < 1.29 is 0 Å². The SMILES string of the molecule is C[C@H](NC(=Nc1cc(Cl)cc(Cl)c1)n1nnc(CN)n1)C1CCCCC1. The van der Waals surface area contributed by atoms with Crippen molar-refractivity contribution in [3.63, 3.8) is 0 Å². The Hall–Kier alpha value is -1.70. The molecule has 0 aliphatic heterocycles. The summed E-state index contributed by atoms with van der Waals surface area (Å²) in [4.78, 5) is 6.00. The molecule has 1 aliphatic carbocycles. The number of hydrogen-bond acceptors (Lipinski definition) is 5. The van der Waals surface area contributed by atoms with Crippen LogP contribution in [-0.2, 0) is 6.54 Å². The zero-order valence-electron chi connectivity index (χ0n) is 14.7. The van der Waals surface area contributed by atoms with Gasteiger partial charge in [0.1, 0.15) is 0 Å². The van der Waals surface area contributed by atoms with Crippen LogP contribution < -0.4 is 11.1 Å². The Labute approximate surface area is 163 Å². The second-order valence-electron chi connectivity index (χ2n) is 6.59. The van der Waals surface area contributed by atoms with Crippen LogP contribution in [0.25, 0.3) is 0 Å². The Balaban J connectivity index is 1.89. The van der Waals surface area contributed by atoms with E-state index in [1.54, 1.807) is 18.2 Å². The molecule has 1 fully saturated rings. The molecule has 26 heavy (non-hydrogen) atoms. The lowest BCUT2D eigenvalue weighted by molar-refractivity contribution is 0.299. The Morgan fingerprint density at radius 2 is 1.96 bits per heavy atom. The molecule has 0 amide bonds. The van der Waals surface area contributed by atoms with Gasteiger partial charge in [0, 0.05) is 16.1 Å². The summed E-state index contributed by atoms with van der Waals surface area (Å²) in [5, 5.41) is 16.8. The highest BCUT2D eigenvalue weighted by Gasteiger charge is 2.22. The first kappa shape index (κ1) is 19.1. The number of benzene rings is 1. The van der Waals surface area contributed by atoms with E-state index in [1.807, 2.05) is 0 Å². The molecular weight excluding hydrogens is 373 g/mol. The highest BCUT2D eigenvalue weighted by atomic mass is 35.5. The van der Waals surface area contributed by atoms with Crippen LogP contribution in [-0.4, -0.2) is 32.2 Å². The third kappa shape index (κ3) is 4.93. The van der Waals surface area contributed by atoms with Crippen LogP contribution in [0.15, 0.2) is 23.2 Å². The van der Waals surface area contributed by atoms with Crippen LogP contribution in [0.4, 0.5) is 5.69 Å². The second-order valence-corrected chi connectivity index (χ2v) is 7.47. The molecule has 0 spiro atoms. The predicted octanol–water partition coefficient (Wildman–Crippen LogP) is 3.53. The van der Waals surface area contributed by atoms with Crippen LogP contribution >= 0.6 is 23.2 Å². The number of halogens is 2. The monoisotopic (exact) mass is 395 g/mol. The molecule has 2 aromatic rings. The van der Waals surface area contributed by atoms with Crippen LogP contribution in [0.5, 0.6) is 0 Å². The molecule has 0 unspecified atom stereocenters. The van der Waals surface area contributed by atoms with E-state index < -0.39 is 0 Å². The van der Waals surface area contributed by atoms with Crippen molar-refractivity contribution in [1.82, 2.24) is 25.5 Å². The van der Waals surface area contributed by atoms with E-state index in [0.29, 0.717) is 33.4 Å². The van der Waals surface area contributed by atoms with E-state index in [-0.39, 0.29) is 12.6 Å². The summed E-state index contributed by atoms with van der Waals surface area (Å²) in [6, 6.07) is 5.37. The minimum atomic E-state index is 0.217. The predicted molar refractivity (Wildman–Crippen MR) is 104 cm³/mol. The number of nitrogens with two attached hydrogens (primary N) is 1. The van der Waals surface area contributed by atoms with Crippen molar-refractivity contribution in [3.8, 4) is 0 Å². The van der Waals surface area contributed by atoms with Gasteiger partial charge < -0.3 is 11.1 Å². The van der Waals surface area contributed by atoms with Crippen molar-refractivity contribution in [2.45, 2.75) is 51.6 Å². The summed E-state index contributed by atoms with van der Waals surface area (Å²) in [6.07, 6.45) is 6.28. The Morgan fingerprint density at radius 3 is 2.58 bits per heavy atom. The van der Waals surface area contributed by atoms with Crippen LogP contribution in [0.1, 0.15) is 44.9 Å². The van der Waals surface area contributed by atoms with Crippen LogP contribution in [0.3, 0.4) is 0 Å². The Kier molecular flexibility index (Phi) is 6.45. The van der Waals surface area contributed by atoms with Crippen molar-refractivity contribution in [3.05, 3.63) is 34.1 Å². The van der Waals surface area contributed by atoms with E-state index in [1.165, 1.54) is 36.9 Å². The lowest BCUT2D eigenvalue weighted by Gasteiger charge is -2.28. The normalized spacial score (nSPS) is 17.3. The molecule has 0 saturated heterocycles. The Bertz CT molecular complexity index is 748. The number of nitrogens with one attached hydrogen (secondary N) is 1. The number of nitrogens with zero attached hydrogens (tertiary/aromatic N) is 5. The molecule has 0 radical (unpaired) electrons. The van der Waals surface area contributed by atoms with Gasteiger partial charge in [-0.2, -0.15) is 0 Å².